The normalized spacial score (nSPS) is 14.7. The molecule has 2 heterocycles. The van der Waals surface area contributed by atoms with Gasteiger partial charge >= 0.3 is 0 Å². The maximum Gasteiger partial charge on any atom is 0.244 e. The molecule has 1 aromatic heterocycles. The predicted octanol–water partition coefficient (Wildman–Crippen LogP) is 5.31. The van der Waals surface area contributed by atoms with Crippen LogP contribution in [-0.4, -0.2) is 4.57 Å². The van der Waals surface area contributed by atoms with Crippen LogP contribution in [0.1, 0.15) is 44.7 Å². The lowest BCUT2D eigenvalue weighted by Crippen LogP contribution is -2.40. The highest BCUT2D eigenvalue weighted by atomic mass is 15.1. The van der Waals surface area contributed by atoms with E-state index in [1.54, 1.807) is 0 Å². The summed E-state index contributed by atoms with van der Waals surface area (Å²) in [6.07, 6.45) is 6.03. The third-order valence-electron chi connectivity index (χ3n) is 5.94. The molecule has 0 aliphatic carbocycles. The largest absolute Gasteiger partial charge is 0.319 e. The maximum absolute atomic E-state index is 3.66. The van der Waals surface area contributed by atoms with E-state index < -0.39 is 0 Å². The summed E-state index contributed by atoms with van der Waals surface area (Å²) in [5.41, 5.74) is 6.63. The van der Waals surface area contributed by atoms with Crippen LogP contribution in [-0.2, 0) is 12.0 Å². The number of imidazole rings is 1. The van der Waals surface area contributed by atoms with Crippen LogP contribution in [0.25, 0.3) is 27.5 Å². The van der Waals surface area contributed by atoms with Crippen molar-refractivity contribution in [1.29, 1.82) is 0 Å². The van der Waals surface area contributed by atoms with Gasteiger partial charge in [-0.15, -0.1) is 0 Å². The molecule has 0 amide bonds. The monoisotopic (exact) mass is 340 g/mol. The number of rotatable bonds is 3. The SMILES string of the molecule is CCCCn1[c-][n+]2c3c(cccc31)C(C)(C)c1cc3ccccc3cc1-2. The van der Waals surface area contributed by atoms with E-state index in [0.29, 0.717) is 0 Å². The fourth-order valence-electron chi connectivity index (χ4n) is 4.43. The minimum atomic E-state index is -0.0242. The number of aromatic nitrogens is 2. The number of hydrogen-bond acceptors (Lipinski definition) is 0. The minimum absolute atomic E-state index is 0.0242. The molecule has 0 fully saturated rings. The summed E-state index contributed by atoms with van der Waals surface area (Å²) in [5.74, 6) is 0. The van der Waals surface area contributed by atoms with E-state index >= 15 is 0 Å². The highest BCUT2D eigenvalue weighted by Crippen LogP contribution is 2.42. The third kappa shape index (κ3) is 2.02. The number of para-hydroxylation sites is 1. The van der Waals surface area contributed by atoms with Crippen molar-refractivity contribution in [1.82, 2.24) is 4.57 Å². The van der Waals surface area contributed by atoms with Crippen LogP contribution in [0.15, 0.2) is 54.6 Å². The Morgan fingerprint density at radius 2 is 1.73 bits per heavy atom. The van der Waals surface area contributed by atoms with E-state index in [4.69, 9.17) is 0 Å². The van der Waals surface area contributed by atoms with Gasteiger partial charge in [0.05, 0.1) is 23.3 Å². The lowest BCUT2D eigenvalue weighted by Gasteiger charge is -2.35. The molecule has 0 bridgehead atoms. The number of fused-ring (bicyclic) bond motifs is 3. The van der Waals surface area contributed by atoms with Crippen LogP contribution < -0.4 is 4.57 Å². The average Bonchev–Trinajstić information content (AvgIpc) is 3.03. The second kappa shape index (κ2) is 5.44. The Hall–Kier alpha value is -2.61. The molecule has 3 aromatic carbocycles. The second-order valence-corrected chi connectivity index (χ2v) is 7.96. The zero-order chi connectivity index (χ0) is 17.9. The number of aryl methyl sites for hydroxylation is 1. The lowest BCUT2D eigenvalue weighted by molar-refractivity contribution is -0.575. The Morgan fingerprint density at radius 3 is 2.50 bits per heavy atom. The maximum atomic E-state index is 3.66. The molecule has 1 aliphatic heterocycles. The fraction of sp³-hybridized carbons (Fsp3) is 0.292. The van der Waals surface area contributed by atoms with Gasteiger partial charge in [-0.25, -0.2) is 0 Å². The topological polar surface area (TPSA) is 8.81 Å². The Balaban J connectivity index is 1.89. The van der Waals surface area contributed by atoms with Gasteiger partial charge in [-0.05, 0) is 34.4 Å². The fourth-order valence-corrected chi connectivity index (χ4v) is 4.43. The quantitative estimate of drug-likeness (QED) is 0.353. The van der Waals surface area contributed by atoms with E-state index in [-0.39, 0.29) is 5.41 Å². The van der Waals surface area contributed by atoms with Gasteiger partial charge < -0.3 is 9.13 Å². The van der Waals surface area contributed by atoms with Gasteiger partial charge in [-0.1, -0.05) is 75.7 Å². The zero-order valence-corrected chi connectivity index (χ0v) is 15.7. The summed E-state index contributed by atoms with van der Waals surface area (Å²) < 4.78 is 4.61. The van der Waals surface area contributed by atoms with Crippen LogP contribution in [0.4, 0.5) is 0 Å². The van der Waals surface area contributed by atoms with Gasteiger partial charge in [0.15, 0.2) is 0 Å². The van der Waals surface area contributed by atoms with Gasteiger partial charge in [0.2, 0.25) is 6.33 Å². The molecule has 0 unspecified atom stereocenters. The van der Waals surface area contributed by atoms with Gasteiger partial charge in [0.1, 0.15) is 0 Å². The van der Waals surface area contributed by atoms with Crippen molar-refractivity contribution < 1.29 is 4.57 Å². The van der Waals surface area contributed by atoms with E-state index in [1.165, 1.54) is 51.5 Å². The van der Waals surface area contributed by atoms with Gasteiger partial charge in [0.25, 0.3) is 0 Å². The summed E-state index contributed by atoms with van der Waals surface area (Å²) in [7, 11) is 0. The van der Waals surface area contributed by atoms with Crippen molar-refractivity contribution in [3.63, 3.8) is 0 Å². The predicted molar refractivity (Wildman–Crippen MR) is 107 cm³/mol. The highest BCUT2D eigenvalue weighted by Gasteiger charge is 2.33. The van der Waals surface area contributed by atoms with Crippen molar-refractivity contribution in [3.05, 3.63) is 72.1 Å². The first-order valence-corrected chi connectivity index (χ1v) is 9.62. The Morgan fingerprint density at radius 1 is 0.962 bits per heavy atom. The number of benzene rings is 3. The Labute approximate surface area is 154 Å². The number of unbranched alkanes of at least 4 members (excludes halogenated alkanes) is 1. The Bertz CT molecular complexity index is 1150. The molecule has 0 atom stereocenters. The van der Waals surface area contributed by atoms with Crippen molar-refractivity contribution in [3.8, 4) is 5.69 Å². The van der Waals surface area contributed by atoms with Crippen molar-refractivity contribution >= 4 is 21.8 Å². The van der Waals surface area contributed by atoms with Crippen LogP contribution in [0.2, 0.25) is 0 Å². The van der Waals surface area contributed by atoms with E-state index in [1.807, 2.05) is 0 Å². The highest BCUT2D eigenvalue weighted by molar-refractivity contribution is 5.88. The smallest absolute Gasteiger partial charge is 0.244 e. The lowest BCUT2D eigenvalue weighted by atomic mass is 9.74. The van der Waals surface area contributed by atoms with Crippen molar-refractivity contribution in [2.45, 2.75) is 45.6 Å². The average molecular weight is 340 g/mol. The molecule has 0 N–H and O–H groups in total. The standard InChI is InChI=1S/C24H24N2/c1-4-5-13-25-16-26-22-15-18-10-7-6-9-17(18)14-20(22)24(2,3)19-11-8-12-21(25)23(19)26/h6-12,14-15H,4-5,13H2,1-3H3. The molecule has 0 radical (unpaired) electrons. The number of nitrogens with zero attached hydrogens (tertiary/aromatic N) is 2. The van der Waals surface area contributed by atoms with Crippen LogP contribution in [0.3, 0.4) is 0 Å². The molecule has 0 saturated heterocycles. The first kappa shape index (κ1) is 15.6. The van der Waals surface area contributed by atoms with Gasteiger partial charge in [0, 0.05) is 5.41 Å². The van der Waals surface area contributed by atoms with Crippen LogP contribution in [0, 0.1) is 6.33 Å². The summed E-state index contributed by atoms with van der Waals surface area (Å²) in [5, 5.41) is 2.60. The third-order valence-corrected chi connectivity index (χ3v) is 5.94. The molecule has 26 heavy (non-hydrogen) atoms. The minimum Gasteiger partial charge on any atom is -0.319 e. The summed E-state index contributed by atoms with van der Waals surface area (Å²) in [4.78, 5) is 0. The molecular weight excluding hydrogens is 316 g/mol. The van der Waals surface area contributed by atoms with Crippen LogP contribution >= 0.6 is 0 Å². The molecule has 5 rings (SSSR count). The first-order valence-electron chi connectivity index (χ1n) is 9.62. The molecule has 4 aromatic rings. The summed E-state index contributed by atoms with van der Waals surface area (Å²) in [6, 6.07) is 20.1. The molecule has 0 saturated carbocycles. The summed E-state index contributed by atoms with van der Waals surface area (Å²) >= 11 is 0. The second-order valence-electron chi connectivity index (χ2n) is 7.96. The molecular formula is C24H24N2. The van der Waals surface area contributed by atoms with E-state index in [0.717, 1.165) is 6.54 Å². The first-order chi connectivity index (χ1) is 12.6. The van der Waals surface area contributed by atoms with Gasteiger partial charge in [-0.3, -0.25) is 0 Å². The molecule has 130 valence electrons. The van der Waals surface area contributed by atoms with E-state index in [2.05, 4.69) is 90.8 Å². The molecule has 0 spiro atoms. The van der Waals surface area contributed by atoms with Crippen molar-refractivity contribution in [2.75, 3.05) is 0 Å². The molecule has 2 heteroatoms. The van der Waals surface area contributed by atoms with Crippen molar-refractivity contribution in [2.24, 2.45) is 0 Å². The summed E-state index contributed by atoms with van der Waals surface area (Å²) in [6.45, 7) is 7.96. The number of hydrogen-bond donors (Lipinski definition) is 0. The Kier molecular flexibility index (Phi) is 3.27. The van der Waals surface area contributed by atoms with Crippen LogP contribution in [0.5, 0.6) is 0 Å². The van der Waals surface area contributed by atoms with Gasteiger partial charge in [-0.2, -0.15) is 0 Å². The molecule has 1 aliphatic rings. The zero-order valence-electron chi connectivity index (χ0n) is 15.7. The van der Waals surface area contributed by atoms with E-state index in [9.17, 15) is 0 Å². The molecule has 2 nitrogen and oxygen atoms in total.